The molecule has 0 radical (unpaired) electrons. The van der Waals surface area contributed by atoms with E-state index in [2.05, 4.69) is 18.7 Å². The lowest BCUT2D eigenvalue weighted by Crippen LogP contribution is -2.55. The standard InChI is InChI=1S/C15H28N2/c1-10-4-3-5-15(11(10)2)17-13-6-7-14(17)9-12(16)8-13/h10-15H,3-9,16H2,1-2H3. The van der Waals surface area contributed by atoms with Crippen molar-refractivity contribution in [2.45, 2.75) is 83.0 Å². The third-order valence-corrected chi connectivity index (χ3v) is 5.87. The molecule has 2 heterocycles. The van der Waals surface area contributed by atoms with E-state index >= 15 is 0 Å². The van der Waals surface area contributed by atoms with Gasteiger partial charge in [0, 0.05) is 24.2 Å². The summed E-state index contributed by atoms with van der Waals surface area (Å²) in [6.07, 6.45) is 9.67. The normalized spacial score (nSPS) is 51.7. The third-order valence-electron chi connectivity index (χ3n) is 5.87. The quantitative estimate of drug-likeness (QED) is 0.758. The lowest BCUT2D eigenvalue weighted by atomic mass is 9.76. The Morgan fingerprint density at radius 3 is 2.24 bits per heavy atom. The highest BCUT2D eigenvalue weighted by Crippen LogP contribution is 2.42. The van der Waals surface area contributed by atoms with Gasteiger partial charge in [0.15, 0.2) is 0 Å². The molecule has 3 rings (SSSR count). The van der Waals surface area contributed by atoms with Gasteiger partial charge in [-0.15, -0.1) is 0 Å². The molecule has 0 aromatic carbocycles. The van der Waals surface area contributed by atoms with Gasteiger partial charge in [0.25, 0.3) is 0 Å². The Labute approximate surface area is 106 Å². The zero-order valence-corrected chi connectivity index (χ0v) is 11.4. The van der Waals surface area contributed by atoms with Crippen LogP contribution < -0.4 is 5.73 Å². The van der Waals surface area contributed by atoms with Gasteiger partial charge in [0.05, 0.1) is 0 Å². The molecule has 3 fully saturated rings. The minimum absolute atomic E-state index is 0.486. The molecule has 2 aliphatic heterocycles. The second-order valence-electron chi connectivity index (χ2n) is 6.90. The molecule has 2 nitrogen and oxygen atoms in total. The largest absolute Gasteiger partial charge is 0.328 e. The molecule has 3 aliphatic rings. The molecular formula is C15H28N2. The van der Waals surface area contributed by atoms with Gasteiger partial charge in [-0.05, 0) is 43.9 Å². The summed E-state index contributed by atoms with van der Waals surface area (Å²) in [4.78, 5) is 2.91. The molecule has 5 atom stereocenters. The molecule has 0 amide bonds. The second-order valence-corrected chi connectivity index (χ2v) is 6.90. The van der Waals surface area contributed by atoms with Crippen LogP contribution in [0.5, 0.6) is 0 Å². The predicted molar refractivity (Wildman–Crippen MR) is 71.8 cm³/mol. The van der Waals surface area contributed by atoms with E-state index in [4.69, 9.17) is 5.73 Å². The van der Waals surface area contributed by atoms with Gasteiger partial charge in [-0.25, -0.2) is 0 Å². The highest BCUT2D eigenvalue weighted by Gasteiger charge is 2.45. The van der Waals surface area contributed by atoms with Crippen molar-refractivity contribution >= 4 is 0 Å². The maximum Gasteiger partial charge on any atom is 0.0129 e. The van der Waals surface area contributed by atoms with Crippen molar-refractivity contribution in [2.24, 2.45) is 17.6 Å². The Balaban J connectivity index is 1.76. The summed E-state index contributed by atoms with van der Waals surface area (Å²) < 4.78 is 0. The number of hydrogen-bond acceptors (Lipinski definition) is 2. The number of hydrogen-bond donors (Lipinski definition) is 1. The first-order valence-corrected chi connectivity index (χ1v) is 7.70. The van der Waals surface area contributed by atoms with E-state index < -0.39 is 0 Å². The van der Waals surface area contributed by atoms with E-state index in [-0.39, 0.29) is 0 Å². The van der Waals surface area contributed by atoms with Crippen molar-refractivity contribution in [3.8, 4) is 0 Å². The first-order chi connectivity index (χ1) is 8.16. The monoisotopic (exact) mass is 236 g/mol. The fourth-order valence-electron chi connectivity index (χ4n) is 4.77. The number of nitrogens with two attached hydrogens (primary N) is 1. The molecule has 0 aromatic heterocycles. The number of piperidine rings is 1. The van der Waals surface area contributed by atoms with Crippen LogP contribution in [0.1, 0.15) is 58.8 Å². The summed E-state index contributed by atoms with van der Waals surface area (Å²) in [5.74, 6) is 1.81. The van der Waals surface area contributed by atoms with Gasteiger partial charge in [0.2, 0.25) is 0 Å². The van der Waals surface area contributed by atoms with E-state index in [1.54, 1.807) is 0 Å². The summed E-state index contributed by atoms with van der Waals surface area (Å²) in [5.41, 5.74) is 6.18. The van der Waals surface area contributed by atoms with Crippen LogP contribution in [-0.4, -0.2) is 29.1 Å². The van der Waals surface area contributed by atoms with Crippen LogP contribution in [0.4, 0.5) is 0 Å². The molecule has 1 aliphatic carbocycles. The number of fused-ring (bicyclic) bond motifs is 2. The van der Waals surface area contributed by atoms with E-state index in [0.29, 0.717) is 6.04 Å². The molecule has 2 bridgehead atoms. The Kier molecular flexibility index (Phi) is 3.20. The maximum absolute atomic E-state index is 6.18. The SMILES string of the molecule is CC1CCCC(N2C3CCC2CC(N)C3)C1C. The second kappa shape index (κ2) is 4.55. The molecule has 17 heavy (non-hydrogen) atoms. The van der Waals surface area contributed by atoms with Gasteiger partial charge in [-0.3, -0.25) is 4.90 Å². The minimum atomic E-state index is 0.486. The Hall–Kier alpha value is -0.0800. The Morgan fingerprint density at radius 2 is 1.59 bits per heavy atom. The van der Waals surface area contributed by atoms with Crippen molar-refractivity contribution in [3.63, 3.8) is 0 Å². The highest BCUT2D eigenvalue weighted by molar-refractivity contribution is 5.01. The molecule has 0 aromatic rings. The topological polar surface area (TPSA) is 29.3 Å². The molecule has 2 N–H and O–H groups in total. The van der Waals surface area contributed by atoms with Crippen LogP contribution in [-0.2, 0) is 0 Å². The summed E-state index contributed by atoms with van der Waals surface area (Å²) in [7, 11) is 0. The fourth-order valence-corrected chi connectivity index (χ4v) is 4.77. The number of nitrogens with zero attached hydrogens (tertiary/aromatic N) is 1. The Morgan fingerprint density at radius 1 is 0.941 bits per heavy atom. The molecule has 0 spiro atoms. The summed E-state index contributed by atoms with van der Waals surface area (Å²) in [5, 5.41) is 0. The Bertz CT molecular complexity index is 264. The van der Waals surface area contributed by atoms with Crippen LogP contribution >= 0.6 is 0 Å². The van der Waals surface area contributed by atoms with Crippen molar-refractivity contribution in [3.05, 3.63) is 0 Å². The zero-order chi connectivity index (χ0) is 12.0. The lowest BCUT2D eigenvalue weighted by Gasteiger charge is -2.48. The summed E-state index contributed by atoms with van der Waals surface area (Å²) in [6, 6.07) is 2.99. The van der Waals surface area contributed by atoms with Crippen LogP contribution in [0, 0.1) is 11.8 Å². The summed E-state index contributed by atoms with van der Waals surface area (Å²) >= 11 is 0. The van der Waals surface area contributed by atoms with Gasteiger partial charge in [-0.2, -0.15) is 0 Å². The van der Waals surface area contributed by atoms with Crippen molar-refractivity contribution < 1.29 is 0 Å². The van der Waals surface area contributed by atoms with E-state index in [9.17, 15) is 0 Å². The molecule has 5 unspecified atom stereocenters. The van der Waals surface area contributed by atoms with Crippen molar-refractivity contribution in [1.29, 1.82) is 0 Å². The van der Waals surface area contributed by atoms with E-state index in [1.807, 2.05) is 0 Å². The molecule has 2 heteroatoms. The lowest BCUT2D eigenvalue weighted by molar-refractivity contribution is 0.0142. The fraction of sp³-hybridized carbons (Fsp3) is 1.00. The molecular weight excluding hydrogens is 208 g/mol. The molecule has 2 saturated heterocycles. The van der Waals surface area contributed by atoms with Gasteiger partial charge >= 0.3 is 0 Å². The van der Waals surface area contributed by atoms with Gasteiger partial charge < -0.3 is 5.73 Å². The van der Waals surface area contributed by atoms with Crippen LogP contribution in [0.3, 0.4) is 0 Å². The molecule has 98 valence electrons. The zero-order valence-electron chi connectivity index (χ0n) is 11.4. The number of rotatable bonds is 1. The van der Waals surface area contributed by atoms with Crippen molar-refractivity contribution in [2.75, 3.05) is 0 Å². The van der Waals surface area contributed by atoms with Crippen LogP contribution in [0.2, 0.25) is 0 Å². The van der Waals surface area contributed by atoms with E-state index in [1.165, 1.54) is 44.9 Å². The molecule has 1 saturated carbocycles. The smallest absolute Gasteiger partial charge is 0.0129 e. The van der Waals surface area contributed by atoms with Crippen LogP contribution in [0.25, 0.3) is 0 Å². The van der Waals surface area contributed by atoms with Gasteiger partial charge in [-0.1, -0.05) is 26.7 Å². The van der Waals surface area contributed by atoms with Crippen molar-refractivity contribution in [1.82, 2.24) is 4.90 Å². The average molecular weight is 236 g/mol. The van der Waals surface area contributed by atoms with Gasteiger partial charge in [0.1, 0.15) is 0 Å². The van der Waals surface area contributed by atoms with Crippen LogP contribution in [0.15, 0.2) is 0 Å². The first kappa shape index (κ1) is 12.0. The average Bonchev–Trinajstić information content (AvgIpc) is 2.55. The summed E-state index contributed by atoms with van der Waals surface area (Å²) in [6.45, 7) is 4.94. The highest BCUT2D eigenvalue weighted by atomic mass is 15.3. The minimum Gasteiger partial charge on any atom is -0.328 e. The third kappa shape index (κ3) is 2.04. The maximum atomic E-state index is 6.18. The van der Waals surface area contributed by atoms with E-state index in [0.717, 1.165) is 30.0 Å². The predicted octanol–water partition coefficient (Wildman–Crippen LogP) is 2.77. The first-order valence-electron chi connectivity index (χ1n) is 7.70.